The van der Waals surface area contributed by atoms with E-state index >= 15 is 0 Å². The molecule has 1 heterocycles. The van der Waals surface area contributed by atoms with Gasteiger partial charge in [0, 0.05) is 18.5 Å². The Balaban J connectivity index is 2.88. The molecule has 1 aromatic heterocycles. The zero-order valence-electron chi connectivity index (χ0n) is 9.85. The number of benzene rings is 1. The minimum absolute atomic E-state index is 0.433. The number of aromatic nitrogens is 2. The second-order valence-electron chi connectivity index (χ2n) is 3.56. The Morgan fingerprint density at radius 1 is 1.24 bits per heavy atom. The quantitative estimate of drug-likeness (QED) is 0.826. The third-order valence-corrected chi connectivity index (χ3v) is 3.01. The van der Waals surface area contributed by atoms with Gasteiger partial charge in [-0.3, -0.25) is 0 Å². The molecule has 5 nitrogen and oxygen atoms in total. The Hall–Kier alpha value is -1.82. The number of nitrogen functional groups attached to an aromatic ring is 1. The van der Waals surface area contributed by atoms with E-state index in [1.54, 1.807) is 38.0 Å². The third-order valence-electron chi connectivity index (χ3n) is 2.64. The smallest absolute Gasteiger partial charge is 0.201 e. The standard InChI is InChI=1S/C11H13N3O2S/c1-14-10(12)6-4-8(15-2)9(16-3)5-7(6)13-11(14)17/h4-5H,12H2,1-3H3. The van der Waals surface area contributed by atoms with E-state index in [4.69, 9.17) is 27.4 Å². The van der Waals surface area contributed by atoms with Crippen molar-refractivity contribution in [2.24, 2.45) is 7.05 Å². The maximum Gasteiger partial charge on any atom is 0.201 e. The Bertz CT molecular complexity index is 637. The molecule has 90 valence electrons. The molecule has 0 bridgehead atoms. The van der Waals surface area contributed by atoms with E-state index in [9.17, 15) is 0 Å². The van der Waals surface area contributed by atoms with Gasteiger partial charge in [0.2, 0.25) is 4.77 Å². The van der Waals surface area contributed by atoms with Crippen molar-refractivity contribution in [1.82, 2.24) is 9.55 Å². The van der Waals surface area contributed by atoms with Crippen LogP contribution in [0.1, 0.15) is 0 Å². The third kappa shape index (κ3) is 1.80. The molecule has 0 saturated heterocycles. The molecule has 2 N–H and O–H groups in total. The molecule has 0 aliphatic rings. The Labute approximate surface area is 104 Å². The average molecular weight is 251 g/mol. The van der Waals surface area contributed by atoms with Gasteiger partial charge in [-0.25, -0.2) is 4.98 Å². The van der Waals surface area contributed by atoms with Crippen LogP contribution in [0, 0.1) is 4.77 Å². The summed E-state index contributed by atoms with van der Waals surface area (Å²) >= 11 is 5.11. The van der Waals surface area contributed by atoms with Crippen LogP contribution in [-0.4, -0.2) is 23.8 Å². The molecule has 2 rings (SSSR count). The van der Waals surface area contributed by atoms with Crippen LogP contribution in [0.4, 0.5) is 5.82 Å². The molecule has 17 heavy (non-hydrogen) atoms. The van der Waals surface area contributed by atoms with Gasteiger partial charge in [-0.15, -0.1) is 0 Å². The highest BCUT2D eigenvalue weighted by Gasteiger charge is 2.10. The summed E-state index contributed by atoms with van der Waals surface area (Å²) in [5, 5.41) is 0.791. The molecule has 2 aromatic rings. The number of fused-ring (bicyclic) bond motifs is 1. The number of nitrogens with zero attached hydrogens (tertiary/aromatic N) is 2. The van der Waals surface area contributed by atoms with Crippen molar-refractivity contribution in [3.63, 3.8) is 0 Å². The fourth-order valence-corrected chi connectivity index (χ4v) is 1.82. The normalized spacial score (nSPS) is 10.5. The molecule has 0 atom stereocenters. The topological polar surface area (TPSA) is 62.3 Å². The lowest BCUT2D eigenvalue weighted by Crippen LogP contribution is -2.05. The van der Waals surface area contributed by atoms with E-state index < -0.39 is 0 Å². The lowest BCUT2D eigenvalue weighted by molar-refractivity contribution is 0.356. The SMILES string of the molecule is COc1cc2nc(=S)n(C)c(N)c2cc1OC. The number of hydrogen-bond acceptors (Lipinski definition) is 5. The maximum absolute atomic E-state index is 5.99. The van der Waals surface area contributed by atoms with Gasteiger partial charge in [0.25, 0.3) is 0 Å². The number of hydrogen-bond donors (Lipinski definition) is 1. The summed E-state index contributed by atoms with van der Waals surface area (Å²) in [5.74, 6) is 1.78. The number of nitrogens with two attached hydrogens (primary N) is 1. The first-order valence-electron chi connectivity index (χ1n) is 4.96. The van der Waals surface area contributed by atoms with Crippen LogP contribution >= 0.6 is 12.2 Å². The molecule has 0 saturated carbocycles. The van der Waals surface area contributed by atoms with Gasteiger partial charge in [-0.1, -0.05) is 0 Å². The lowest BCUT2D eigenvalue weighted by Gasteiger charge is -2.12. The van der Waals surface area contributed by atoms with Crippen LogP contribution in [0.5, 0.6) is 11.5 Å². The van der Waals surface area contributed by atoms with Crippen molar-refractivity contribution < 1.29 is 9.47 Å². The zero-order valence-corrected chi connectivity index (χ0v) is 10.7. The minimum Gasteiger partial charge on any atom is -0.493 e. The van der Waals surface area contributed by atoms with Crippen LogP contribution in [0.2, 0.25) is 0 Å². The predicted molar refractivity (Wildman–Crippen MR) is 69.1 cm³/mol. The van der Waals surface area contributed by atoms with E-state index in [2.05, 4.69) is 4.98 Å². The van der Waals surface area contributed by atoms with Crippen LogP contribution in [-0.2, 0) is 7.05 Å². The molecule has 0 amide bonds. The molecule has 0 fully saturated rings. The summed E-state index contributed by atoms with van der Waals surface area (Å²) in [6.07, 6.45) is 0. The summed E-state index contributed by atoms with van der Waals surface area (Å²) in [4.78, 5) is 4.28. The predicted octanol–water partition coefficient (Wildman–Crippen LogP) is 1.90. The summed E-state index contributed by atoms with van der Waals surface area (Å²) in [6.45, 7) is 0. The van der Waals surface area contributed by atoms with Gasteiger partial charge in [0.05, 0.1) is 19.7 Å². The fourth-order valence-electron chi connectivity index (χ4n) is 1.63. The van der Waals surface area contributed by atoms with Crippen molar-refractivity contribution in [2.45, 2.75) is 0 Å². The van der Waals surface area contributed by atoms with Gasteiger partial charge in [0.15, 0.2) is 11.5 Å². The summed E-state index contributed by atoms with van der Waals surface area (Å²) in [6, 6.07) is 3.56. The zero-order chi connectivity index (χ0) is 12.6. The summed E-state index contributed by atoms with van der Waals surface area (Å²) in [5.41, 5.74) is 6.69. The van der Waals surface area contributed by atoms with Gasteiger partial charge < -0.3 is 19.8 Å². The first-order chi connectivity index (χ1) is 8.08. The lowest BCUT2D eigenvalue weighted by atomic mass is 10.2. The van der Waals surface area contributed by atoms with Crippen molar-refractivity contribution in [3.05, 3.63) is 16.9 Å². The summed E-state index contributed by atoms with van der Waals surface area (Å²) in [7, 11) is 4.93. The van der Waals surface area contributed by atoms with Crippen molar-refractivity contribution in [1.29, 1.82) is 0 Å². The first kappa shape index (κ1) is 11.7. The molecule has 0 aliphatic carbocycles. The molecular formula is C11H13N3O2S. The van der Waals surface area contributed by atoms with E-state index in [1.165, 1.54) is 0 Å². The number of methoxy groups -OCH3 is 2. The highest BCUT2D eigenvalue weighted by molar-refractivity contribution is 7.71. The minimum atomic E-state index is 0.433. The first-order valence-corrected chi connectivity index (χ1v) is 5.37. The van der Waals surface area contributed by atoms with Gasteiger partial charge in [-0.2, -0.15) is 0 Å². The van der Waals surface area contributed by atoms with Crippen molar-refractivity contribution in [2.75, 3.05) is 20.0 Å². The highest BCUT2D eigenvalue weighted by atomic mass is 32.1. The maximum atomic E-state index is 5.99. The molecule has 0 spiro atoms. The Morgan fingerprint density at radius 2 is 1.82 bits per heavy atom. The number of anilines is 1. The van der Waals surface area contributed by atoms with Gasteiger partial charge in [-0.05, 0) is 18.3 Å². The van der Waals surface area contributed by atoms with Crippen LogP contribution in [0.15, 0.2) is 12.1 Å². The molecule has 0 radical (unpaired) electrons. The molecular weight excluding hydrogens is 238 g/mol. The Morgan fingerprint density at radius 3 is 2.41 bits per heavy atom. The van der Waals surface area contributed by atoms with E-state index in [0.717, 1.165) is 5.39 Å². The number of ether oxygens (including phenoxy) is 2. The second-order valence-corrected chi connectivity index (χ2v) is 3.93. The Kier molecular flexibility index (Phi) is 2.89. The summed E-state index contributed by atoms with van der Waals surface area (Å²) < 4.78 is 12.5. The average Bonchev–Trinajstić information content (AvgIpc) is 2.34. The largest absolute Gasteiger partial charge is 0.493 e. The van der Waals surface area contributed by atoms with Crippen LogP contribution in [0.25, 0.3) is 10.9 Å². The monoisotopic (exact) mass is 251 g/mol. The van der Waals surface area contributed by atoms with Crippen LogP contribution in [0.3, 0.4) is 0 Å². The van der Waals surface area contributed by atoms with E-state index in [-0.39, 0.29) is 0 Å². The van der Waals surface area contributed by atoms with Crippen LogP contribution < -0.4 is 15.2 Å². The van der Waals surface area contributed by atoms with Gasteiger partial charge in [0.1, 0.15) is 5.82 Å². The van der Waals surface area contributed by atoms with E-state index in [0.29, 0.717) is 27.6 Å². The molecule has 0 aliphatic heterocycles. The molecule has 0 unspecified atom stereocenters. The second kappa shape index (κ2) is 4.21. The fraction of sp³-hybridized carbons (Fsp3) is 0.273. The van der Waals surface area contributed by atoms with Crippen molar-refractivity contribution in [3.8, 4) is 11.5 Å². The van der Waals surface area contributed by atoms with Gasteiger partial charge >= 0.3 is 0 Å². The number of rotatable bonds is 2. The van der Waals surface area contributed by atoms with E-state index in [1.807, 2.05) is 0 Å². The molecule has 1 aromatic carbocycles. The highest BCUT2D eigenvalue weighted by Crippen LogP contribution is 2.33. The van der Waals surface area contributed by atoms with Crippen molar-refractivity contribution >= 4 is 28.9 Å². The molecule has 6 heteroatoms.